The summed E-state index contributed by atoms with van der Waals surface area (Å²) in [6.07, 6.45) is 0.690. The fourth-order valence-corrected chi connectivity index (χ4v) is 3.87. The Kier molecular flexibility index (Phi) is 7.01. The Morgan fingerprint density at radius 3 is 2.32 bits per heavy atom. The third kappa shape index (κ3) is 5.64. The lowest BCUT2D eigenvalue weighted by Crippen LogP contribution is -2.44. The Balaban J connectivity index is 1.71. The van der Waals surface area contributed by atoms with Crippen LogP contribution in [0.3, 0.4) is 0 Å². The standard InChI is InChI=1S/C25H33N3O3/c1-25(2,3)19-9-10-20(24(30)31)21(17-19)23(29)26-12-11-18-7-5-6-8-22(18)28-15-13-27(4)14-16-28/h5-10,17H,11-16H2,1-4H3,(H,26,29)(H,30,31). The second-order valence-corrected chi connectivity index (χ2v) is 9.24. The third-order valence-electron chi connectivity index (χ3n) is 5.88. The van der Waals surface area contributed by atoms with Gasteiger partial charge in [0, 0.05) is 38.4 Å². The number of likely N-dealkylation sites (N-methyl/N-ethyl adjacent to an activating group) is 1. The number of amides is 1. The van der Waals surface area contributed by atoms with Gasteiger partial charge in [0.1, 0.15) is 0 Å². The zero-order valence-corrected chi connectivity index (χ0v) is 18.9. The average Bonchev–Trinajstić information content (AvgIpc) is 2.73. The van der Waals surface area contributed by atoms with E-state index < -0.39 is 5.97 Å². The van der Waals surface area contributed by atoms with Crippen molar-refractivity contribution in [3.05, 3.63) is 64.7 Å². The number of benzene rings is 2. The van der Waals surface area contributed by atoms with Crippen molar-refractivity contribution in [2.75, 3.05) is 44.7 Å². The highest BCUT2D eigenvalue weighted by molar-refractivity contribution is 6.05. The van der Waals surface area contributed by atoms with Crippen LogP contribution in [-0.4, -0.2) is 61.7 Å². The van der Waals surface area contributed by atoms with Gasteiger partial charge in [-0.15, -0.1) is 0 Å². The minimum atomic E-state index is -1.09. The summed E-state index contributed by atoms with van der Waals surface area (Å²) in [5.74, 6) is -1.44. The molecule has 0 aliphatic carbocycles. The van der Waals surface area contributed by atoms with E-state index in [1.54, 1.807) is 12.1 Å². The molecule has 2 N–H and O–H groups in total. The minimum absolute atomic E-state index is 0.0309. The van der Waals surface area contributed by atoms with Crippen LogP contribution in [0.4, 0.5) is 5.69 Å². The first-order valence-electron chi connectivity index (χ1n) is 10.8. The second-order valence-electron chi connectivity index (χ2n) is 9.24. The molecule has 31 heavy (non-hydrogen) atoms. The SMILES string of the molecule is CN1CCN(c2ccccc2CCNC(=O)c2cc(C(C)(C)C)ccc2C(=O)O)CC1. The smallest absolute Gasteiger partial charge is 0.336 e. The number of nitrogens with zero attached hydrogens (tertiary/aromatic N) is 2. The number of hydrogen-bond acceptors (Lipinski definition) is 4. The molecule has 1 aliphatic rings. The quantitative estimate of drug-likeness (QED) is 0.745. The Morgan fingerprint density at radius 2 is 1.68 bits per heavy atom. The molecule has 6 heteroatoms. The van der Waals surface area contributed by atoms with Crippen LogP contribution in [0.15, 0.2) is 42.5 Å². The Bertz CT molecular complexity index is 941. The van der Waals surface area contributed by atoms with E-state index >= 15 is 0 Å². The van der Waals surface area contributed by atoms with Crippen molar-refractivity contribution in [1.29, 1.82) is 0 Å². The minimum Gasteiger partial charge on any atom is -0.478 e. The predicted octanol–water partition coefficient (Wildman–Crippen LogP) is 3.41. The summed E-state index contributed by atoms with van der Waals surface area (Å²) in [6, 6.07) is 13.3. The van der Waals surface area contributed by atoms with E-state index in [9.17, 15) is 14.7 Å². The molecule has 2 aromatic carbocycles. The lowest BCUT2D eigenvalue weighted by atomic mass is 9.85. The molecular formula is C25H33N3O3. The number of hydrogen-bond donors (Lipinski definition) is 2. The Morgan fingerprint density at radius 1 is 1.00 bits per heavy atom. The first-order chi connectivity index (χ1) is 14.7. The van der Waals surface area contributed by atoms with E-state index in [4.69, 9.17) is 0 Å². The molecule has 3 rings (SSSR count). The highest BCUT2D eigenvalue weighted by atomic mass is 16.4. The van der Waals surface area contributed by atoms with Crippen molar-refractivity contribution >= 4 is 17.6 Å². The number of carbonyl (C=O) groups is 2. The van der Waals surface area contributed by atoms with Gasteiger partial charge < -0.3 is 20.2 Å². The molecule has 1 saturated heterocycles. The van der Waals surface area contributed by atoms with Crippen LogP contribution in [0.2, 0.25) is 0 Å². The largest absolute Gasteiger partial charge is 0.478 e. The summed E-state index contributed by atoms with van der Waals surface area (Å²) >= 11 is 0. The van der Waals surface area contributed by atoms with Crippen LogP contribution < -0.4 is 10.2 Å². The number of aromatic carboxylic acids is 1. The second kappa shape index (κ2) is 9.52. The number of nitrogens with one attached hydrogen (secondary N) is 1. The number of rotatable bonds is 6. The van der Waals surface area contributed by atoms with Gasteiger partial charge in [0.15, 0.2) is 0 Å². The number of carbonyl (C=O) groups excluding carboxylic acids is 1. The molecule has 0 radical (unpaired) electrons. The summed E-state index contributed by atoms with van der Waals surface area (Å²) in [7, 11) is 2.14. The highest BCUT2D eigenvalue weighted by Gasteiger charge is 2.22. The predicted molar refractivity (Wildman–Crippen MR) is 124 cm³/mol. The molecule has 166 valence electrons. The lowest BCUT2D eigenvalue weighted by molar-refractivity contribution is 0.0691. The molecule has 0 unspecified atom stereocenters. The molecule has 2 aromatic rings. The van der Waals surface area contributed by atoms with Gasteiger partial charge in [0.25, 0.3) is 5.91 Å². The molecular weight excluding hydrogens is 390 g/mol. The fourth-order valence-electron chi connectivity index (χ4n) is 3.87. The highest BCUT2D eigenvalue weighted by Crippen LogP contribution is 2.25. The first-order valence-corrected chi connectivity index (χ1v) is 10.8. The maximum atomic E-state index is 12.9. The molecule has 0 spiro atoms. The van der Waals surface area contributed by atoms with Crippen molar-refractivity contribution in [2.24, 2.45) is 0 Å². The molecule has 1 aliphatic heterocycles. The van der Waals surface area contributed by atoms with Crippen LogP contribution in [0.1, 0.15) is 52.6 Å². The maximum absolute atomic E-state index is 12.9. The Labute approximate surface area is 184 Å². The van der Waals surface area contributed by atoms with Crippen molar-refractivity contribution in [1.82, 2.24) is 10.2 Å². The van der Waals surface area contributed by atoms with Gasteiger partial charge in [-0.1, -0.05) is 45.0 Å². The number of para-hydroxylation sites is 1. The zero-order chi connectivity index (χ0) is 22.6. The number of anilines is 1. The van der Waals surface area contributed by atoms with E-state index in [-0.39, 0.29) is 22.4 Å². The first kappa shape index (κ1) is 22.8. The van der Waals surface area contributed by atoms with Gasteiger partial charge in [0.05, 0.1) is 11.1 Å². The molecule has 1 heterocycles. The van der Waals surface area contributed by atoms with Crippen LogP contribution in [0.25, 0.3) is 0 Å². The van der Waals surface area contributed by atoms with E-state index in [1.165, 1.54) is 17.3 Å². The monoisotopic (exact) mass is 423 g/mol. The summed E-state index contributed by atoms with van der Waals surface area (Å²) in [4.78, 5) is 29.2. The Hall–Kier alpha value is -2.86. The summed E-state index contributed by atoms with van der Waals surface area (Å²) < 4.78 is 0. The lowest BCUT2D eigenvalue weighted by Gasteiger charge is -2.35. The normalized spacial score (nSPS) is 15.0. The molecule has 6 nitrogen and oxygen atoms in total. The summed E-state index contributed by atoms with van der Waals surface area (Å²) in [5, 5.41) is 12.5. The van der Waals surface area contributed by atoms with Crippen LogP contribution in [-0.2, 0) is 11.8 Å². The van der Waals surface area contributed by atoms with Crippen LogP contribution in [0.5, 0.6) is 0 Å². The molecule has 0 bridgehead atoms. The average molecular weight is 424 g/mol. The van der Waals surface area contributed by atoms with Gasteiger partial charge >= 0.3 is 5.97 Å². The fraction of sp³-hybridized carbons (Fsp3) is 0.440. The summed E-state index contributed by atoms with van der Waals surface area (Å²) in [5.41, 5.74) is 3.41. The third-order valence-corrected chi connectivity index (χ3v) is 5.88. The summed E-state index contributed by atoms with van der Waals surface area (Å²) in [6.45, 7) is 10.6. The van der Waals surface area contributed by atoms with Crippen molar-refractivity contribution in [2.45, 2.75) is 32.6 Å². The van der Waals surface area contributed by atoms with Gasteiger partial charge in [-0.05, 0) is 48.2 Å². The zero-order valence-electron chi connectivity index (χ0n) is 18.9. The molecule has 0 atom stereocenters. The van der Waals surface area contributed by atoms with Crippen LogP contribution >= 0.6 is 0 Å². The molecule has 1 fully saturated rings. The van der Waals surface area contributed by atoms with Gasteiger partial charge in [-0.25, -0.2) is 4.79 Å². The van der Waals surface area contributed by atoms with E-state index in [0.29, 0.717) is 13.0 Å². The van der Waals surface area contributed by atoms with E-state index in [1.807, 2.05) is 32.9 Å². The number of piperazine rings is 1. The van der Waals surface area contributed by atoms with Gasteiger partial charge in [0.2, 0.25) is 0 Å². The molecule has 1 amide bonds. The number of carboxylic acids is 1. The topological polar surface area (TPSA) is 72.9 Å². The van der Waals surface area contributed by atoms with Gasteiger partial charge in [-0.2, -0.15) is 0 Å². The molecule has 0 aromatic heterocycles. The van der Waals surface area contributed by atoms with Crippen molar-refractivity contribution in [3.8, 4) is 0 Å². The van der Waals surface area contributed by atoms with Gasteiger partial charge in [-0.3, -0.25) is 4.79 Å². The maximum Gasteiger partial charge on any atom is 0.336 e. The number of carboxylic acid groups (broad SMARTS) is 1. The van der Waals surface area contributed by atoms with Crippen molar-refractivity contribution in [3.63, 3.8) is 0 Å². The molecule has 0 saturated carbocycles. The van der Waals surface area contributed by atoms with Crippen molar-refractivity contribution < 1.29 is 14.7 Å². The van der Waals surface area contributed by atoms with Crippen LogP contribution in [0, 0.1) is 0 Å². The van der Waals surface area contributed by atoms with E-state index in [2.05, 4.69) is 34.3 Å². The van der Waals surface area contributed by atoms with E-state index in [0.717, 1.165) is 31.7 Å².